The van der Waals surface area contributed by atoms with Gasteiger partial charge in [0, 0.05) is 78.5 Å². The van der Waals surface area contributed by atoms with E-state index in [1.165, 1.54) is 0 Å². The summed E-state index contributed by atoms with van der Waals surface area (Å²) in [6, 6.07) is 0. The zero-order chi connectivity index (χ0) is 0. The zero-order valence-corrected chi connectivity index (χ0v) is 8.64. The molecule has 0 rings (SSSR count). The first-order chi connectivity index (χ1) is 0. The summed E-state index contributed by atoms with van der Waals surface area (Å²) in [5.74, 6) is 0. The monoisotopic (exact) mass is 347 g/mol. The molecule has 0 bridgehead atoms. The van der Waals surface area contributed by atoms with Crippen molar-refractivity contribution in [2.75, 3.05) is 0 Å². The maximum absolute atomic E-state index is 0. The van der Waals surface area contributed by atoms with Crippen molar-refractivity contribution < 1.29 is 84.0 Å². The molecule has 0 aromatic rings. The molecule has 1 nitrogen and oxygen atoms in total. The van der Waals surface area contributed by atoms with Gasteiger partial charge in [-0.05, 0) is 0 Å². The van der Waals surface area contributed by atoms with Gasteiger partial charge < -0.3 is 5.48 Å². The molecule has 0 aliphatic carbocycles. The van der Waals surface area contributed by atoms with E-state index in [4.69, 9.17) is 0 Å². The van der Waals surface area contributed by atoms with Gasteiger partial charge in [0.2, 0.25) is 0 Å². The molecule has 5 heteroatoms. The van der Waals surface area contributed by atoms with Gasteiger partial charge in [0.25, 0.3) is 0 Å². The molecule has 0 fully saturated rings. The summed E-state index contributed by atoms with van der Waals surface area (Å²) in [5, 5.41) is 0. The first kappa shape index (κ1) is 35.9. The van der Waals surface area contributed by atoms with Crippen LogP contribution in [-0.2, 0) is 42.9 Å². The second kappa shape index (κ2) is 24.4. The molecule has 5 heavy (non-hydrogen) atoms. The Hall–Kier alpha value is 4.02. The van der Waals surface area contributed by atoms with Crippen molar-refractivity contribution in [1.29, 1.82) is 0 Å². The molecule has 0 heterocycles. The van der Waals surface area contributed by atoms with Gasteiger partial charge >= 0.3 is 45.5 Å². The number of hydrogen-bond acceptors (Lipinski definition) is 0. The molecule has 0 aliphatic heterocycles. The molecule has 0 saturated heterocycles. The Bertz CT molecular complexity index is 11.6. The molecule has 0 aromatic heterocycles. The van der Waals surface area contributed by atoms with E-state index in [0.717, 1.165) is 0 Å². The Morgan fingerprint density at radius 1 is 1.00 bits per heavy atom. The van der Waals surface area contributed by atoms with Gasteiger partial charge in [0.1, 0.15) is 0 Å². The second-order valence-electron chi connectivity index (χ2n) is 0. The van der Waals surface area contributed by atoms with E-state index in [2.05, 4.69) is 0 Å². The molecule has 0 aliphatic rings. The van der Waals surface area contributed by atoms with Gasteiger partial charge in [-0.25, -0.2) is 0 Å². The third kappa shape index (κ3) is 18.0. The standard InChI is InChI=1S/La.Mn.H2O.Sc.Sr.2H/h;;1H2;;;;. The fourth-order valence-electron chi connectivity index (χ4n) is 0. The van der Waals surface area contributed by atoms with Crippen LogP contribution in [-0.4, -0.2) is 51.0 Å². The Balaban J connectivity index is 0. The van der Waals surface area contributed by atoms with E-state index in [-0.39, 0.29) is 129 Å². The van der Waals surface area contributed by atoms with Crippen LogP contribution in [0.1, 0.15) is 0 Å². The van der Waals surface area contributed by atoms with Crippen molar-refractivity contribution in [1.82, 2.24) is 0 Å². The normalized spacial score (nSPS) is 0. The first-order valence-electron chi connectivity index (χ1n) is 0. The van der Waals surface area contributed by atoms with E-state index in [9.17, 15) is 0 Å². The fraction of sp³-hybridized carbons (Fsp3) is 0. The molecule has 0 amide bonds. The van der Waals surface area contributed by atoms with Crippen LogP contribution >= 0.6 is 0 Å². The zero-order valence-electron chi connectivity index (χ0n) is 2.03. The summed E-state index contributed by atoms with van der Waals surface area (Å²) in [6.07, 6.45) is 0. The summed E-state index contributed by atoms with van der Waals surface area (Å²) in [7, 11) is 0. The molecule has 3 radical (unpaired) electrons. The molecule has 0 aromatic carbocycles. The number of hydrogen-bond donors (Lipinski definition) is 0. The van der Waals surface area contributed by atoms with E-state index >= 15 is 0 Å². The Labute approximate surface area is 126 Å². The van der Waals surface area contributed by atoms with Crippen molar-refractivity contribution in [3.63, 3.8) is 0 Å². The third-order valence-corrected chi connectivity index (χ3v) is 0. The summed E-state index contributed by atoms with van der Waals surface area (Å²) >= 11 is 0. The van der Waals surface area contributed by atoms with Gasteiger partial charge in [-0.2, -0.15) is 0 Å². The molecular formula is H4LaMnOScSr. The Morgan fingerprint density at radius 2 is 1.00 bits per heavy atom. The van der Waals surface area contributed by atoms with Gasteiger partial charge in [0.15, 0.2) is 0 Å². The first-order valence-corrected chi connectivity index (χ1v) is 0. The predicted molar refractivity (Wildman–Crippen MR) is 12.2 cm³/mol. The van der Waals surface area contributed by atoms with E-state index in [1.54, 1.807) is 0 Å². The molecule has 25 valence electrons. The van der Waals surface area contributed by atoms with Crippen LogP contribution in [0.15, 0.2) is 0 Å². The van der Waals surface area contributed by atoms with Gasteiger partial charge in [-0.1, -0.05) is 0 Å². The van der Waals surface area contributed by atoms with Crippen LogP contribution < -0.4 is 0 Å². The molecular weight excluding hydrogens is 342 g/mol. The van der Waals surface area contributed by atoms with Gasteiger partial charge in [0.05, 0.1) is 0 Å². The summed E-state index contributed by atoms with van der Waals surface area (Å²) in [6.45, 7) is 0. The molecule has 0 spiro atoms. The summed E-state index contributed by atoms with van der Waals surface area (Å²) < 4.78 is 0. The SMILES string of the molecule is O.[La].[Mn].[Sc].[SrH2]. The van der Waals surface area contributed by atoms with Crippen molar-refractivity contribution >= 4 is 45.5 Å². The van der Waals surface area contributed by atoms with Crippen LogP contribution in [0.25, 0.3) is 0 Å². The summed E-state index contributed by atoms with van der Waals surface area (Å²) in [5.41, 5.74) is 0. The summed E-state index contributed by atoms with van der Waals surface area (Å²) in [4.78, 5) is 0. The topological polar surface area (TPSA) is 31.5 Å². The average Bonchev–Trinajstić information content (AvgIpc) is 0. The minimum absolute atomic E-state index is 0. The average molecular weight is 346 g/mol. The predicted octanol–water partition coefficient (Wildman–Crippen LogP) is -1.75. The Kier molecular flexibility index (Phi) is 175. The van der Waals surface area contributed by atoms with Crippen molar-refractivity contribution in [3.05, 3.63) is 0 Å². The molecule has 0 unspecified atom stereocenters. The van der Waals surface area contributed by atoms with E-state index < -0.39 is 0 Å². The van der Waals surface area contributed by atoms with Crippen molar-refractivity contribution in [2.45, 2.75) is 0 Å². The minimum atomic E-state index is 0. The van der Waals surface area contributed by atoms with Crippen LogP contribution in [0.4, 0.5) is 0 Å². The number of rotatable bonds is 0. The van der Waals surface area contributed by atoms with Crippen LogP contribution in [0.5, 0.6) is 0 Å². The van der Waals surface area contributed by atoms with Gasteiger partial charge in [-0.15, -0.1) is 0 Å². The van der Waals surface area contributed by atoms with E-state index in [0.29, 0.717) is 0 Å². The second-order valence-corrected chi connectivity index (χ2v) is 0. The molecule has 2 N–H and O–H groups in total. The van der Waals surface area contributed by atoms with Gasteiger partial charge in [-0.3, -0.25) is 0 Å². The van der Waals surface area contributed by atoms with Crippen LogP contribution in [0, 0.1) is 35.6 Å². The van der Waals surface area contributed by atoms with Crippen molar-refractivity contribution in [2.24, 2.45) is 0 Å². The quantitative estimate of drug-likeness (QED) is 0.466. The van der Waals surface area contributed by atoms with Crippen LogP contribution in [0.3, 0.4) is 0 Å². The third-order valence-electron chi connectivity index (χ3n) is 0. The van der Waals surface area contributed by atoms with E-state index in [1.807, 2.05) is 0 Å². The fourth-order valence-corrected chi connectivity index (χ4v) is 0. The molecule has 0 saturated carbocycles. The maximum atomic E-state index is 0. The van der Waals surface area contributed by atoms with Crippen LogP contribution in [0.2, 0.25) is 0 Å². The Morgan fingerprint density at radius 3 is 1.00 bits per heavy atom. The molecule has 0 atom stereocenters. The van der Waals surface area contributed by atoms with Crippen molar-refractivity contribution in [3.8, 4) is 0 Å².